The van der Waals surface area contributed by atoms with Gasteiger partial charge >= 0.3 is 6.09 Å². The summed E-state index contributed by atoms with van der Waals surface area (Å²) in [5.74, 6) is 0. The molecule has 0 aliphatic carbocycles. The summed E-state index contributed by atoms with van der Waals surface area (Å²) in [4.78, 5) is 13.5. The van der Waals surface area contributed by atoms with Crippen LogP contribution in [0.25, 0.3) is 0 Å². The van der Waals surface area contributed by atoms with E-state index >= 15 is 0 Å². The van der Waals surface area contributed by atoms with E-state index in [9.17, 15) is 4.79 Å². The Bertz CT molecular complexity index is 300. The van der Waals surface area contributed by atoms with Crippen LogP contribution in [-0.4, -0.2) is 55.0 Å². The number of rotatable bonds is 2. The quantitative estimate of drug-likeness (QED) is 0.831. The van der Waals surface area contributed by atoms with E-state index in [1.807, 2.05) is 20.8 Å². The number of nitrogens with one attached hydrogen (secondary N) is 1. The number of ether oxygens (including phenoxy) is 2. The topological polar surface area (TPSA) is 50.8 Å². The lowest BCUT2D eigenvalue weighted by Gasteiger charge is -2.41. The van der Waals surface area contributed by atoms with E-state index in [2.05, 4.69) is 5.32 Å². The van der Waals surface area contributed by atoms with E-state index in [1.165, 1.54) is 6.42 Å². The van der Waals surface area contributed by atoms with Gasteiger partial charge in [-0.05, 0) is 40.0 Å². The van der Waals surface area contributed by atoms with Crippen molar-refractivity contribution >= 4 is 6.09 Å². The highest BCUT2D eigenvalue weighted by Gasteiger charge is 2.34. The number of hydrogen-bond donors (Lipinski definition) is 1. The van der Waals surface area contributed by atoms with Crippen molar-refractivity contribution in [2.24, 2.45) is 0 Å². The van der Waals surface area contributed by atoms with Crippen LogP contribution < -0.4 is 5.32 Å². The van der Waals surface area contributed by atoms with Crippen LogP contribution in [0.5, 0.6) is 0 Å². The lowest BCUT2D eigenvalue weighted by molar-refractivity contribution is 0.00387. The molecule has 0 aromatic rings. The number of carbonyl (C=O) groups is 1. The van der Waals surface area contributed by atoms with E-state index in [0.717, 1.165) is 39.1 Å². The molecule has 2 heterocycles. The molecule has 1 N–H and O–H groups in total. The van der Waals surface area contributed by atoms with Crippen molar-refractivity contribution < 1.29 is 14.3 Å². The Kier molecular flexibility index (Phi) is 4.68. The van der Waals surface area contributed by atoms with Crippen LogP contribution in [0.3, 0.4) is 0 Å². The first-order valence-electron chi connectivity index (χ1n) is 7.26. The average molecular weight is 270 g/mol. The Morgan fingerprint density at radius 2 is 1.95 bits per heavy atom. The lowest BCUT2D eigenvalue weighted by atomic mass is 10.0. The summed E-state index contributed by atoms with van der Waals surface area (Å²) < 4.78 is 10.8. The van der Waals surface area contributed by atoms with Gasteiger partial charge in [0.2, 0.25) is 0 Å². The Labute approximate surface area is 115 Å². The summed E-state index contributed by atoms with van der Waals surface area (Å²) in [5.41, 5.74) is -0.409. The molecule has 0 radical (unpaired) electrons. The summed E-state index contributed by atoms with van der Waals surface area (Å²) in [7, 11) is 0. The first-order valence-corrected chi connectivity index (χ1v) is 7.26. The predicted octanol–water partition coefficient (Wildman–Crippen LogP) is 1.76. The number of hydrogen-bond acceptors (Lipinski definition) is 4. The summed E-state index contributed by atoms with van der Waals surface area (Å²) in [5, 5.41) is 3.61. The van der Waals surface area contributed by atoms with Gasteiger partial charge in [-0.2, -0.15) is 0 Å². The molecule has 1 amide bonds. The minimum absolute atomic E-state index is 0.199. The molecule has 19 heavy (non-hydrogen) atoms. The van der Waals surface area contributed by atoms with Crippen molar-refractivity contribution in [3.63, 3.8) is 0 Å². The molecule has 0 aromatic carbocycles. The van der Waals surface area contributed by atoms with Gasteiger partial charge in [0.15, 0.2) is 0 Å². The lowest BCUT2D eigenvalue weighted by Crippen LogP contribution is -2.62. The van der Waals surface area contributed by atoms with E-state index in [0.29, 0.717) is 12.1 Å². The molecule has 1 atom stereocenters. The summed E-state index contributed by atoms with van der Waals surface area (Å²) in [6.07, 6.45) is 3.17. The summed E-state index contributed by atoms with van der Waals surface area (Å²) in [6.45, 7) is 8.93. The first kappa shape index (κ1) is 14.6. The van der Waals surface area contributed by atoms with Gasteiger partial charge in [-0.15, -0.1) is 0 Å². The molecule has 2 aliphatic rings. The molecule has 0 spiro atoms. The molecule has 110 valence electrons. The van der Waals surface area contributed by atoms with Crippen LogP contribution in [-0.2, 0) is 9.47 Å². The number of nitrogens with zero attached hydrogens (tertiary/aromatic N) is 1. The van der Waals surface area contributed by atoms with E-state index in [4.69, 9.17) is 9.47 Å². The van der Waals surface area contributed by atoms with Crippen LogP contribution in [0.4, 0.5) is 4.79 Å². The van der Waals surface area contributed by atoms with Crippen molar-refractivity contribution in [2.45, 2.75) is 57.7 Å². The second-order valence-corrected chi connectivity index (χ2v) is 6.49. The molecule has 2 aliphatic heterocycles. The molecule has 0 bridgehead atoms. The molecule has 2 saturated heterocycles. The maximum Gasteiger partial charge on any atom is 0.410 e. The fourth-order valence-corrected chi connectivity index (χ4v) is 2.46. The standard InChI is InChI=1S/C14H26N2O3/c1-14(2,3)19-13(17)16-9-12(10-16)15-11-5-4-7-18-8-6-11/h11-12,15H,4-10H2,1-3H3. The average Bonchev–Trinajstić information content (AvgIpc) is 2.48. The third-order valence-electron chi connectivity index (χ3n) is 3.46. The van der Waals surface area contributed by atoms with Gasteiger partial charge in [-0.25, -0.2) is 4.79 Å². The molecule has 5 heteroatoms. The van der Waals surface area contributed by atoms with Gasteiger partial charge in [0.25, 0.3) is 0 Å². The van der Waals surface area contributed by atoms with E-state index in [1.54, 1.807) is 4.90 Å². The third kappa shape index (κ3) is 4.66. The minimum atomic E-state index is -0.409. The van der Waals surface area contributed by atoms with Crippen LogP contribution in [0.15, 0.2) is 0 Å². The number of carbonyl (C=O) groups excluding carboxylic acids is 1. The van der Waals surface area contributed by atoms with E-state index in [-0.39, 0.29) is 6.09 Å². The SMILES string of the molecule is CC(C)(C)OC(=O)N1CC(NC2CCCOCC2)C1. The largest absolute Gasteiger partial charge is 0.444 e. The molecular formula is C14H26N2O3. The second kappa shape index (κ2) is 6.09. The highest BCUT2D eigenvalue weighted by atomic mass is 16.6. The highest BCUT2D eigenvalue weighted by Crippen LogP contribution is 2.17. The van der Waals surface area contributed by atoms with Crippen LogP contribution in [0, 0.1) is 0 Å². The normalized spacial score (nSPS) is 25.6. The second-order valence-electron chi connectivity index (χ2n) is 6.49. The van der Waals surface area contributed by atoms with Crippen molar-refractivity contribution in [1.29, 1.82) is 0 Å². The van der Waals surface area contributed by atoms with Gasteiger partial charge in [0, 0.05) is 38.4 Å². The predicted molar refractivity (Wildman–Crippen MR) is 73.2 cm³/mol. The monoisotopic (exact) mass is 270 g/mol. The molecule has 0 saturated carbocycles. The Hall–Kier alpha value is -0.810. The Morgan fingerprint density at radius 3 is 2.63 bits per heavy atom. The maximum atomic E-state index is 11.8. The third-order valence-corrected chi connectivity index (χ3v) is 3.46. The van der Waals surface area contributed by atoms with E-state index < -0.39 is 5.60 Å². The molecule has 1 unspecified atom stereocenters. The van der Waals surface area contributed by atoms with Crippen molar-refractivity contribution in [3.8, 4) is 0 Å². The summed E-state index contributed by atoms with van der Waals surface area (Å²) >= 11 is 0. The smallest absolute Gasteiger partial charge is 0.410 e. The van der Waals surface area contributed by atoms with Gasteiger partial charge < -0.3 is 19.7 Å². The zero-order valence-corrected chi connectivity index (χ0v) is 12.3. The van der Waals surface area contributed by atoms with Crippen molar-refractivity contribution in [3.05, 3.63) is 0 Å². The number of likely N-dealkylation sites (tertiary alicyclic amines) is 1. The molecular weight excluding hydrogens is 244 g/mol. The van der Waals surface area contributed by atoms with Crippen LogP contribution in [0.1, 0.15) is 40.0 Å². The Balaban J connectivity index is 1.66. The van der Waals surface area contributed by atoms with Gasteiger partial charge in [0.05, 0.1) is 0 Å². The molecule has 5 nitrogen and oxygen atoms in total. The zero-order valence-electron chi connectivity index (χ0n) is 12.3. The Morgan fingerprint density at radius 1 is 1.21 bits per heavy atom. The fourth-order valence-electron chi connectivity index (χ4n) is 2.46. The van der Waals surface area contributed by atoms with Crippen molar-refractivity contribution in [1.82, 2.24) is 10.2 Å². The molecule has 2 rings (SSSR count). The van der Waals surface area contributed by atoms with Gasteiger partial charge in [-0.1, -0.05) is 0 Å². The zero-order chi connectivity index (χ0) is 13.9. The number of amides is 1. The van der Waals surface area contributed by atoms with Crippen LogP contribution >= 0.6 is 0 Å². The van der Waals surface area contributed by atoms with Gasteiger partial charge in [0.1, 0.15) is 5.60 Å². The summed E-state index contributed by atoms with van der Waals surface area (Å²) in [6, 6.07) is 0.948. The molecule has 0 aromatic heterocycles. The minimum Gasteiger partial charge on any atom is -0.444 e. The van der Waals surface area contributed by atoms with Gasteiger partial charge in [-0.3, -0.25) is 0 Å². The highest BCUT2D eigenvalue weighted by molar-refractivity contribution is 5.69. The fraction of sp³-hybridized carbons (Fsp3) is 0.929. The van der Waals surface area contributed by atoms with Crippen molar-refractivity contribution in [2.75, 3.05) is 26.3 Å². The molecule has 2 fully saturated rings. The first-order chi connectivity index (χ1) is 8.94. The maximum absolute atomic E-state index is 11.8. The van der Waals surface area contributed by atoms with Crippen LogP contribution in [0.2, 0.25) is 0 Å².